The molecule has 4 unspecified atom stereocenters. The molecule has 0 aliphatic heterocycles. The summed E-state index contributed by atoms with van der Waals surface area (Å²) < 4.78 is 12.8. The second-order valence-electron chi connectivity index (χ2n) is 5.68. The van der Waals surface area contributed by atoms with Crippen LogP contribution >= 0.6 is 0 Å². The molecule has 1 aromatic rings. The zero-order valence-electron chi connectivity index (χ0n) is 12.4. The summed E-state index contributed by atoms with van der Waals surface area (Å²) in [5, 5.41) is 3.81. The van der Waals surface area contributed by atoms with Gasteiger partial charge in [0.1, 0.15) is 0 Å². The molecule has 1 aliphatic rings. The Balaban J connectivity index is 2.14. The third kappa shape index (κ3) is 3.09. The molecule has 0 radical (unpaired) electrons. The Kier molecular flexibility index (Phi) is 4.80. The topological polar surface area (TPSA) is 29.1 Å². The summed E-state index contributed by atoms with van der Waals surface area (Å²) in [7, 11) is -0.872. The van der Waals surface area contributed by atoms with Crippen LogP contribution in [-0.2, 0) is 10.8 Å². The maximum Gasteiger partial charge on any atom is 0.0564 e. The number of rotatable bonds is 4. The van der Waals surface area contributed by atoms with Crippen molar-refractivity contribution in [2.75, 3.05) is 6.54 Å². The molecule has 0 heterocycles. The minimum absolute atomic E-state index is 0.297. The Morgan fingerprint density at radius 1 is 1.26 bits per heavy atom. The molecule has 0 spiro atoms. The van der Waals surface area contributed by atoms with Crippen molar-refractivity contribution in [3.8, 4) is 0 Å². The second-order valence-corrected chi connectivity index (χ2v) is 7.35. The molecule has 0 bridgehead atoms. The summed E-state index contributed by atoms with van der Waals surface area (Å²) in [5.74, 6) is 0.488. The summed E-state index contributed by atoms with van der Waals surface area (Å²) in [5.41, 5.74) is 2.51. The van der Waals surface area contributed by atoms with Crippen molar-refractivity contribution in [1.29, 1.82) is 0 Å². The Morgan fingerprint density at radius 3 is 2.63 bits per heavy atom. The van der Waals surface area contributed by atoms with Gasteiger partial charge in [-0.1, -0.05) is 19.9 Å². The van der Waals surface area contributed by atoms with E-state index >= 15 is 0 Å². The predicted molar refractivity (Wildman–Crippen MR) is 82.0 cm³/mol. The van der Waals surface area contributed by atoms with Gasteiger partial charge in [0.05, 0.1) is 10.8 Å². The van der Waals surface area contributed by atoms with Gasteiger partial charge in [0.25, 0.3) is 0 Å². The van der Waals surface area contributed by atoms with Crippen molar-refractivity contribution >= 4 is 10.8 Å². The quantitative estimate of drug-likeness (QED) is 0.917. The van der Waals surface area contributed by atoms with Crippen LogP contribution in [0.15, 0.2) is 23.1 Å². The van der Waals surface area contributed by atoms with Crippen LogP contribution in [-0.4, -0.2) is 22.0 Å². The van der Waals surface area contributed by atoms with E-state index < -0.39 is 10.8 Å². The standard InChI is InChI=1S/C16H25NOS/c1-5-17-15-8-9-16(13(15)4)19(18)14-7-6-11(2)12(3)10-14/h6-7,10,13,15-17H,5,8-9H2,1-4H3. The van der Waals surface area contributed by atoms with Crippen LogP contribution in [0.1, 0.15) is 37.8 Å². The molecular formula is C16H25NOS. The zero-order valence-corrected chi connectivity index (χ0v) is 13.2. The molecule has 106 valence electrons. The summed E-state index contributed by atoms with van der Waals surface area (Å²) in [4.78, 5) is 0.997. The molecule has 1 saturated carbocycles. The van der Waals surface area contributed by atoms with Crippen molar-refractivity contribution in [1.82, 2.24) is 5.32 Å². The second kappa shape index (κ2) is 6.19. The lowest BCUT2D eigenvalue weighted by Gasteiger charge is -2.21. The Hall–Kier alpha value is -0.670. The summed E-state index contributed by atoms with van der Waals surface area (Å²) in [6, 6.07) is 6.75. The van der Waals surface area contributed by atoms with Gasteiger partial charge in [-0.3, -0.25) is 4.21 Å². The molecule has 19 heavy (non-hydrogen) atoms. The lowest BCUT2D eigenvalue weighted by molar-refractivity contribution is 0.438. The Labute approximate surface area is 119 Å². The molecule has 4 atom stereocenters. The summed E-state index contributed by atoms with van der Waals surface area (Å²) >= 11 is 0. The van der Waals surface area contributed by atoms with Crippen molar-refractivity contribution in [2.45, 2.75) is 56.7 Å². The lowest BCUT2D eigenvalue weighted by atomic mass is 10.1. The third-order valence-corrected chi connectivity index (χ3v) is 6.37. The molecule has 0 amide bonds. The highest BCUT2D eigenvalue weighted by Crippen LogP contribution is 2.32. The fraction of sp³-hybridized carbons (Fsp3) is 0.625. The average molecular weight is 279 g/mol. The van der Waals surface area contributed by atoms with E-state index in [0.29, 0.717) is 17.2 Å². The molecule has 0 aromatic heterocycles. The number of hydrogen-bond acceptors (Lipinski definition) is 2. The van der Waals surface area contributed by atoms with Gasteiger partial charge < -0.3 is 5.32 Å². The van der Waals surface area contributed by atoms with E-state index in [2.05, 4.69) is 45.1 Å². The molecule has 2 nitrogen and oxygen atoms in total. The molecule has 1 aliphatic carbocycles. The largest absolute Gasteiger partial charge is 0.314 e. The van der Waals surface area contributed by atoms with Gasteiger partial charge in [-0.2, -0.15) is 0 Å². The van der Waals surface area contributed by atoms with E-state index in [1.54, 1.807) is 0 Å². The van der Waals surface area contributed by atoms with E-state index in [1.165, 1.54) is 11.1 Å². The minimum atomic E-state index is -0.872. The van der Waals surface area contributed by atoms with E-state index in [0.717, 1.165) is 24.3 Å². The van der Waals surface area contributed by atoms with Crippen LogP contribution in [0.5, 0.6) is 0 Å². The molecular weight excluding hydrogens is 254 g/mol. The first-order valence-corrected chi connectivity index (χ1v) is 8.47. The van der Waals surface area contributed by atoms with E-state index in [9.17, 15) is 4.21 Å². The monoisotopic (exact) mass is 279 g/mol. The minimum Gasteiger partial charge on any atom is -0.314 e. The molecule has 2 rings (SSSR count). The highest BCUT2D eigenvalue weighted by Gasteiger charge is 2.36. The maximum atomic E-state index is 12.8. The first-order valence-electron chi connectivity index (χ1n) is 7.25. The fourth-order valence-corrected chi connectivity index (χ4v) is 4.77. The number of aryl methyl sites for hydroxylation is 2. The van der Waals surface area contributed by atoms with Crippen molar-refractivity contribution in [3.63, 3.8) is 0 Å². The normalized spacial score (nSPS) is 28.5. The van der Waals surface area contributed by atoms with E-state index in [-0.39, 0.29) is 0 Å². The predicted octanol–water partition coefficient (Wildman–Crippen LogP) is 3.19. The number of hydrogen-bond donors (Lipinski definition) is 1. The molecule has 0 saturated heterocycles. The van der Waals surface area contributed by atoms with E-state index in [1.807, 2.05) is 6.07 Å². The van der Waals surface area contributed by atoms with Crippen LogP contribution in [0.3, 0.4) is 0 Å². The number of benzene rings is 1. The van der Waals surface area contributed by atoms with Gasteiger partial charge in [0.2, 0.25) is 0 Å². The van der Waals surface area contributed by atoms with Gasteiger partial charge in [0, 0.05) is 16.2 Å². The van der Waals surface area contributed by atoms with Crippen molar-refractivity contribution in [3.05, 3.63) is 29.3 Å². The molecule has 1 aromatic carbocycles. The lowest BCUT2D eigenvalue weighted by Crippen LogP contribution is -2.34. The smallest absolute Gasteiger partial charge is 0.0564 e. The first-order chi connectivity index (χ1) is 9.04. The SMILES string of the molecule is CCNC1CCC(S(=O)c2ccc(C)c(C)c2)C1C. The summed E-state index contributed by atoms with van der Waals surface area (Å²) in [6.45, 7) is 9.57. The zero-order chi connectivity index (χ0) is 14.0. The Bertz CT molecular complexity index is 472. The average Bonchev–Trinajstić information content (AvgIpc) is 2.74. The van der Waals surface area contributed by atoms with Gasteiger partial charge >= 0.3 is 0 Å². The Morgan fingerprint density at radius 2 is 2.00 bits per heavy atom. The van der Waals surface area contributed by atoms with Crippen molar-refractivity contribution in [2.24, 2.45) is 5.92 Å². The first kappa shape index (κ1) is 14.7. The highest BCUT2D eigenvalue weighted by atomic mass is 32.2. The van der Waals surface area contributed by atoms with Crippen LogP contribution in [0, 0.1) is 19.8 Å². The molecule has 3 heteroatoms. The van der Waals surface area contributed by atoms with Gasteiger partial charge in [-0.05, 0) is 62.4 Å². The fourth-order valence-electron chi connectivity index (χ4n) is 2.99. The van der Waals surface area contributed by atoms with Gasteiger partial charge in [-0.15, -0.1) is 0 Å². The molecule has 1 N–H and O–H groups in total. The van der Waals surface area contributed by atoms with Crippen molar-refractivity contribution < 1.29 is 4.21 Å². The highest BCUT2D eigenvalue weighted by molar-refractivity contribution is 7.85. The van der Waals surface area contributed by atoms with Gasteiger partial charge in [0.15, 0.2) is 0 Å². The van der Waals surface area contributed by atoms with Crippen LogP contribution in [0.2, 0.25) is 0 Å². The third-order valence-electron chi connectivity index (χ3n) is 4.44. The number of nitrogens with one attached hydrogen (secondary N) is 1. The molecule has 1 fully saturated rings. The maximum absolute atomic E-state index is 12.8. The van der Waals surface area contributed by atoms with Crippen LogP contribution in [0.25, 0.3) is 0 Å². The summed E-state index contributed by atoms with van der Waals surface area (Å²) in [6.07, 6.45) is 2.22. The van der Waals surface area contributed by atoms with E-state index in [4.69, 9.17) is 0 Å². The van der Waals surface area contributed by atoms with Crippen LogP contribution in [0.4, 0.5) is 0 Å². The van der Waals surface area contributed by atoms with Gasteiger partial charge in [-0.25, -0.2) is 0 Å². The van der Waals surface area contributed by atoms with Crippen LogP contribution < -0.4 is 5.32 Å².